The Hall–Kier alpha value is -3.96. The standard InChI is InChI=1S/C22H15FN4O2S/c1-12-17(19(27-29-12)13-7-3-2-4-8-13)20(28)21-18(25)14(11-24)22(30-21)26-16-10-6-5-9-15(16)23/h2-10,26H,25H2,1H3. The average Bonchev–Trinajstić information content (AvgIpc) is 3.29. The second-order valence-electron chi connectivity index (χ2n) is 6.42. The molecule has 0 saturated heterocycles. The average molecular weight is 418 g/mol. The van der Waals surface area contributed by atoms with E-state index in [0.29, 0.717) is 16.5 Å². The highest BCUT2D eigenvalue weighted by molar-refractivity contribution is 7.19. The monoisotopic (exact) mass is 418 g/mol. The van der Waals surface area contributed by atoms with Crippen molar-refractivity contribution in [2.45, 2.75) is 6.92 Å². The van der Waals surface area contributed by atoms with Crippen molar-refractivity contribution in [3.63, 3.8) is 0 Å². The fourth-order valence-corrected chi connectivity index (χ4v) is 4.07. The van der Waals surface area contributed by atoms with E-state index in [1.807, 2.05) is 36.4 Å². The van der Waals surface area contributed by atoms with Crippen LogP contribution in [0, 0.1) is 24.1 Å². The fraction of sp³-hybridized carbons (Fsp3) is 0.0455. The molecule has 2 aromatic heterocycles. The van der Waals surface area contributed by atoms with Crippen LogP contribution in [-0.2, 0) is 0 Å². The predicted octanol–water partition coefficient (Wildman–Crippen LogP) is 5.28. The normalized spacial score (nSPS) is 10.6. The van der Waals surface area contributed by atoms with Crippen molar-refractivity contribution in [1.82, 2.24) is 5.16 Å². The lowest BCUT2D eigenvalue weighted by Gasteiger charge is -2.05. The Bertz CT molecular complexity index is 1290. The number of carbonyl (C=O) groups is 1. The molecule has 0 saturated carbocycles. The predicted molar refractivity (Wildman–Crippen MR) is 113 cm³/mol. The van der Waals surface area contributed by atoms with Gasteiger partial charge in [-0.1, -0.05) is 47.6 Å². The van der Waals surface area contributed by atoms with Crippen molar-refractivity contribution in [2.24, 2.45) is 0 Å². The van der Waals surface area contributed by atoms with Crippen LogP contribution in [-0.4, -0.2) is 10.9 Å². The molecular formula is C22H15FN4O2S. The Labute approximate surface area is 175 Å². The molecular weight excluding hydrogens is 403 g/mol. The molecule has 2 heterocycles. The van der Waals surface area contributed by atoms with E-state index in [1.165, 1.54) is 12.1 Å². The number of aryl methyl sites for hydroxylation is 1. The number of rotatable bonds is 5. The van der Waals surface area contributed by atoms with Crippen LogP contribution in [0.25, 0.3) is 11.3 Å². The molecule has 0 aliphatic rings. The van der Waals surface area contributed by atoms with Crippen LogP contribution in [0.15, 0.2) is 59.1 Å². The van der Waals surface area contributed by atoms with Gasteiger partial charge in [0.1, 0.15) is 38.8 Å². The second kappa shape index (κ2) is 7.81. The van der Waals surface area contributed by atoms with Gasteiger partial charge < -0.3 is 15.6 Å². The quantitative estimate of drug-likeness (QED) is 0.427. The first-order valence-electron chi connectivity index (χ1n) is 8.91. The largest absolute Gasteiger partial charge is 0.396 e. The van der Waals surface area contributed by atoms with Crippen LogP contribution in [0.5, 0.6) is 0 Å². The minimum absolute atomic E-state index is 0.0333. The van der Waals surface area contributed by atoms with E-state index in [4.69, 9.17) is 10.3 Å². The number of nitrogens with zero attached hydrogens (tertiary/aromatic N) is 2. The van der Waals surface area contributed by atoms with Gasteiger partial charge in [0, 0.05) is 5.56 Å². The van der Waals surface area contributed by atoms with Crippen LogP contribution in [0.3, 0.4) is 0 Å². The summed E-state index contributed by atoms with van der Waals surface area (Å²) in [6.07, 6.45) is 0. The number of nitrogens with one attached hydrogen (secondary N) is 1. The van der Waals surface area contributed by atoms with Gasteiger partial charge in [-0.25, -0.2) is 4.39 Å². The van der Waals surface area contributed by atoms with E-state index in [2.05, 4.69) is 10.5 Å². The van der Waals surface area contributed by atoms with E-state index in [1.54, 1.807) is 19.1 Å². The first-order chi connectivity index (χ1) is 14.5. The molecule has 4 rings (SSSR count). The zero-order chi connectivity index (χ0) is 21.3. The maximum Gasteiger partial charge on any atom is 0.211 e. The molecule has 0 aliphatic carbocycles. The summed E-state index contributed by atoms with van der Waals surface area (Å²) in [7, 11) is 0. The molecule has 0 unspecified atom stereocenters. The van der Waals surface area contributed by atoms with Crippen molar-refractivity contribution in [2.75, 3.05) is 11.1 Å². The molecule has 0 radical (unpaired) electrons. The lowest BCUT2D eigenvalue weighted by molar-refractivity contribution is 0.104. The summed E-state index contributed by atoms with van der Waals surface area (Å²) in [6, 6.07) is 17.2. The summed E-state index contributed by atoms with van der Waals surface area (Å²) in [6.45, 7) is 1.64. The molecule has 2 aromatic carbocycles. The Kier molecular flexibility index (Phi) is 5.04. The molecule has 3 N–H and O–H groups in total. The number of hydrogen-bond donors (Lipinski definition) is 2. The molecule has 0 aliphatic heterocycles. The van der Waals surface area contributed by atoms with Gasteiger partial charge >= 0.3 is 0 Å². The van der Waals surface area contributed by atoms with E-state index in [0.717, 1.165) is 16.9 Å². The highest BCUT2D eigenvalue weighted by atomic mass is 32.1. The number of ketones is 1. The zero-order valence-corrected chi connectivity index (χ0v) is 16.6. The SMILES string of the molecule is Cc1onc(-c2ccccc2)c1C(=O)c1sc(Nc2ccccc2F)c(C#N)c1N. The second-order valence-corrected chi connectivity index (χ2v) is 7.44. The van der Waals surface area contributed by atoms with E-state index < -0.39 is 11.6 Å². The van der Waals surface area contributed by atoms with E-state index >= 15 is 0 Å². The number of thiophene rings is 1. The van der Waals surface area contributed by atoms with Crippen LogP contribution < -0.4 is 11.1 Å². The first kappa shape index (κ1) is 19.4. The summed E-state index contributed by atoms with van der Waals surface area (Å²) in [4.78, 5) is 13.5. The third-order valence-electron chi connectivity index (χ3n) is 4.52. The topological polar surface area (TPSA) is 105 Å². The summed E-state index contributed by atoms with van der Waals surface area (Å²) >= 11 is 0.989. The van der Waals surface area contributed by atoms with Crippen LogP contribution >= 0.6 is 11.3 Å². The first-order valence-corrected chi connectivity index (χ1v) is 9.73. The molecule has 0 atom stereocenters. The molecule has 0 bridgehead atoms. The van der Waals surface area contributed by atoms with Crippen LogP contribution in [0.4, 0.5) is 20.8 Å². The number of halogens is 1. The maximum absolute atomic E-state index is 14.0. The summed E-state index contributed by atoms with van der Waals surface area (Å²) in [5, 5.41) is 16.7. The van der Waals surface area contributed by atoms with E-state index in [-0.39, 0.29) is 27.4 Å². The summed E-state index contributed by atoms with van der Waals surface area (Å²) in [5.74, 6) is -0.551. The van der Waals surface area contributed by atoms with Gasteiger partial charge in [-0.3, -0.25) is 4.79 Å². The third-order valence-corrected chi connectivity index (χ3v) is 5.64. The van der Waals surface area contributed by atoms with Crippen molar-refractivity contribution >= 4 is 33.5 Å². The minimum atomic E-state index is -0.484. The molecule has 0 spiro atoms. The number of aromatic nitrogens is 1. The highest BCUT2D eigenvalue weighted by Crippen LogP contribution is 2.40. The number of anilines is 3. The zero-order valence-electron chi connectivity index (χ0n) is 15.8. The summed E-state index contributed by atoms with van der Waals surface area (Å²) in [5.41, 5.74) is 7.82. The molecule has 148 valence electrons. The number of nitrogens with two attached hydrogens (primary N) is 1. The van der Waals surface area contributed by atoms with Crippen molar-refractivity contribution < 1.29 is 13.7 Å². The van der Waals surface area contributed by atoms with Crippen LogP contribution in [0.1, 0.15) is 26.6 Å². The Morgan fingerprint density at radius 1 is 1.20 bits per heavy atom. The van der Waals surface area contributed by atoms with Gasteiger partial charge in [0.2, 0.25) is 5.78 Å². The number of carbonyl (C=O) groups excluding carboxylic acids is 1. The molecule has 8 heteroatoms. The Morgan fingerprint density at radius 2 is 1.90 bits per heavy atom. The molecule has 4 aromatic rings. The lowest BCUT2D eigenvalue weighted by Crippen LogP contribution is -2.05. The number of nitriles is 1. The van der Waals surface area contributed by atoms with Gasteiger partial charge in [-0.2, -0.15) is 5.26 Å². The number of hydrogen-bond acceptors (Lipinski definition) is 7. The van der Waals surface area contributed by atoms with Gasteiger partial charge in [0.05, 0.1) is 16.9 Å². The van der Waals surface area contributed by atoms with Crippen molar-refractivity contribution in [3.05, 3.63) is 82.2 Å². The minimum Gasteiger partial charge on any atom is -0.396 e. The Balaban J connectivity index is 1.79. The van der Waals surface area contributed by atoms with Gasteiger partial charge in [-0.05, 0) is 19.1 Å². The highest BCUT2D eigenvalue weighted by Gasteiger charge is 2.28. The van der Waals surface area contributed by atoms with Gasteiger partial charge in [0.15, 0.2) is 0 Å². The van der Waals surface area contributed by atoms with E-state index in [9.17, 15) is 14.4 Å². The summed E-state index contributed by atoms with van der Waals surface area (Å²) < 4.78 is 19.3. The molecule has 6 nitrogen and oxygen atoms in total. The molecule has 30 heavy (non-hydrogen) atoms. The molecule has 0 amide bonds. The number of nitrogen functional groups attached to an aromatic ring is 1. The molecule has 0 fully saturated rings. The Morgan fingerprint density at radius 3 is 2.60 bits per heavy atom. The maximum atomic E-state index is 14.0. The van der Waals surface area contributed by atoms with Crippen molar-refractivity contribution in [1.29, 1.82) is 5.26 Å². The fourth-order valence-electron chi connectivity index (χ4n) is 3.04. The smallest absolute Gasteiger partial charge is 0.211 e. The van der Waals surface area contributed by atoms with Gasteiger partial charge in [-0.15, -0.1) is 11.3 Å². The lowest BCUT2D eigenvalue weighted by atomic mass is 10.0. The van der Waals surface area contributed by atoms with Gasteiger partial charge in [0.25, 0.3) is 0 Å². The van der Waals surface area contributed by atoms with Crippen molar-refractivity contribution in [3.8, 4) is 17.3 Å². The van der Waals surface area contributed by atoms with Crippen LogP contribution in [0.2, 0.25) is 0 Å². The third kappa shape index (κ3) is 3.32. The number of benzene rings is 2. The number of para-hydroxylation sites is 1.